The van der Waals surface area contributed by atoms with Crippen molar-refractivity contribution in [3.8, 4) is 5.75 Å². The van der Waals surface area contributed by atoms with E-state index in [0.717, 1.165) is 25.3 Å². The van der Waals surface area contributed by atoms with E-state index in [2.05, 4.69) is 11.6 Å². The van der Waals surface area contributed by atoms with E-state index in [9.17, 15) is 18.5 Å². The Bertz CT molecular complexity index is 644. The summed E-state index contributed by atoms with van der Waals surface area (Å²) in [5.74, 6) is 0.524. The molecule has 1 aliphatic carbocycles. The van der Waals surface area contributed by atoms with Gasteiger partial charge in [-0.3, -0.25) is 10.1 Å². The Morgan fingerprint density at radius 3 is 2.62 bits per heavy atom. The molecule has 1 aromatic rings. The number of hydrogen-bond donors (Lipinski definition) is 1. The molecule has 7 nitrogen and oxygen atoms in total. The molecular weight excluding hydrogens is 296 g/mol. The average molecular weight is 314 g/mol. The summed E-state index contributed by atoms with van der Waals surface area (Å²) >= 11 is 0. The lowest BCUT2D eigenvalue weighted by atomic mass is 10.1. The van der Waals surface area contributed by atoms with Gasteiger partial charge in [0.2, 0.25) is 10.0 Å². The number of nitrogens with zero attached hydrogens (tertiary/aromatic N) is 1. The van der Waals surface area contributed by atoms with Crippen LogP contribution < -0.4 is 9.46 Å². The Morgan fingerprint density at radius 2 is 2.10 bits per heavy atom. The lowest BCUT2D eigenvalue weighted by molar-refractivity contribution is -0.386. The van der Waals surface area contributed by atoms with Crippen molar-refractivity contribution < 1.29 is 18.1 Å². The molecule has 0 bridgehead atoms. The molecule has 0 saturated heterocycles. The highest BCUT2D eigenvalue weighted by Crippen LogP contribution is 2.30. The highest BCUT2D eigenvalue weighted by molar-refractivity contribution is 7.89. The third kappa shape index (κ3) is 3.51. The number of methoxy groups -OCH3 is 1. The lowest BCUT2D eigenvalue weighted by Crippen LogP contribution is -2.32. The van der Waals surface area contributed by atoms with E-state index < -0.39 is 14.9 Å². The first-order valence-electron chi connectivity index (χ1n) is 6.68. The molecule has 21 heavy (non-hydrogen) atoms. The maximum absolute atomic E-state index is 12.3. The van der Waals surface area contributed by atoms with Gasteiger partial charge >= 0.3 is 5.69 Å². The number of ether oxygens (including phenoxy) is 1. The Morgan fingerprint density at radius 1 is 1.38 bits per heavy atom. The van der Waals surface area contributed by atoms with Crippen molar-refractivity contribution in [2.75, 3.05) is 7.11 Å². The molecule has 1 aromatic carbocycles. The van der Waals surface area contributed by atoms with Gasteiger partial charge in [0.05, 0.1) is 16.9 Å². The molecule has 0 radical (unpaired) electrons. The molecule has 0 spiro atoms. The van der Waals surface area contributed by atoms with E-state index in [0.29, 0.717) is 5.92 Å². The summed E-state index contributed by atoms with van der Waals surface area (Å²) < 4.78 is 32.1. The van der Waals surface area contributed by atoms with Gasteiger partial charge in [-0.05, 0) is 37.3 Å². The largest absolute Gasteiger partial charge is 0.490 e. The Hall–Kier alpha value is -1.67. The zero-order valence-corrected chi connectivity index (χ0v) is 12.7. The number of nitrogens with one attached hydrogen (secondary N) is 1. The summed E-state index contributed by atoms with van der Waals surface area (Å²) in [4.78, 5) is 10.2. The zero-order valence-electron chi connectivity index (χ0n) is 11.9. The van der Waals surface area contributed by atoms with Crippen LogP contribution in [0.25, 0.3) is 0 Å². The van der Waals surface area contributed by atoms with Crippen LogP contribution in [0.1, 0.15) is 26.2 Å². The molecule has 2 unspecified atom stereocenters. The zero-order chi connectivity index (χ0) is 15.6. The second-order valence-electron chi connectivity index (χ2n) is 5.33. The summed E-state index contributed by atoms with van der Waals surface area (Å²) in [6, 6.07) is 3.53. The first-order chi connectivity index (χ1) is 9.83. The second kappa shape index (κ2) is 5.98. The third-order valence-corrected chi connectivity index (χ3v) is 5.19. The fourth-order valence-corrected chi connectivity index (χ4v) is 3.88. The first kappa shape index (κ1) is 15.7. The van der Waals surface area contributed by atoms with Crippen molar-refractivity contribution in [1.82, 2.24) is 4.72 Å². The van der Waals surface area contributed by atoms with Crippen LogP contribution in [-0.4, -0.2) is 26.5 Å². The van der Waals surface area contributed by atoms with Gasteiger partial charge in [0.1, 0.15) is 0 Å². The predicted molar refractivity (Wildman–Crippen MR) is 76.8 cm³/mol. The number of nitro benzene ring substituents is 1. The predicted octanol–water partition coefficient (Wildman–Crippen LogP) is 2.07. The Kier molecular flexibility index (Phi) is 4.48. The van der Waals surface area contributed by atoms with E-state index >= 15 is 0 Å². The van der Waals surface area contributed by atoms with Gasteiger partial charge in [-0.25, -0.2) is 13.1 Å². The number of rotatable bonds is 5. The SMILES string of the molecule is COc1ccc(S(=O)(=O)NC2CCC(C)C2)cc1[N+](=O)[O-]. The van der Waals surface area contributed by atoms with Gasteiger partial charge in [-0.1, -0.05) is 6.92 Å². The molecule has 2 rings (SSSR count). The summed E-state index contributed by atoms with van der Waals surface area (Å²) in [6.45, 7) is 2.08. The first-order valence-corrected chi connectivity index (χ1v) is 8.16. The molecule has 1 aliphatic rings. The maximum atomic E-state index is 12.3. The smallest absolute Gasteiger partial charge is 0.312 e. The Balaban J connectivity index is 2.27. The van der Waals surface area contributed by atoms with Crippen molar-refractivity contribution >= 4 is 15.7 Å². The molecule has 8 heteroatoms. The summed E-state index contributed by atoms with van der Waals surface area (Å²) in [6.07, 6.45) is 2.56. The highest BCUT2D eigenvalue weighted by atomic mass is 32.2. The minimum Gasteiger partial charge on any atom is -0.490 e. The fourth-order valence-electron chi connectivity index (χ4n) is 2.58. The molecule has 116 valence electrons. The quantitative estimate of drug-likeness (QED) is 0.662. The Labute approximate surface area is 123 Å². The summed E-state index contributed by atoms with van der Waals surface area (Å²) in [7, 11) is -2.46. The third-order valence-electron chi connectivity index (χ3n) is 3.67. The minimum absolute atomic E-state index is 0.0356. The fraction of sp³-hybridized carbons (Fsp3) is 0.538. The van der Waals surface area contributed by atoms with Crippen molar-refractivity contribution in [1.29, 1.82) is 0 Å². The van der Waals surface area contributed by atoms with Gasteiger partial charge in [0.15, 0.2) is 5.75 Å². The molecule has 1 N–H and O–H groups in total. The number of nitro groups is 1. The molecule has 1 saturated carbocycles. The van der Waals surface area contributed by atoms with Gasteiger partial charge < -0.3 is 4.74 Å². The lowest BCUT2D eigenvalue weighted by Gasteiger charge is -2.13. The van der Waals surface area contributed by atoms with E-state index in [1.54, 1.807) is 0 Å². The van der Waals surface area contributed by atoms with Crippen molar-refractivity contribution in [3.05, 3.63) is 28.3 Å². The van der Waals surface area contributed by atoms with Crippen molar-refractivity contribution in [3.63, 3.8) is 0 Å². The topological polar surface area (TPSA) is 98.5 Å². The normalized spacial score (nSPS) is 22.2. The van der Waals surface area contributed by atoms with Gasteiger partial charge in [0, 0.05) is 12.1 Å². The van der Waals surface area contributed by atoms with Gasteiger partial charge in [-0.2, -0.15) is 0 Å². The molecule has 0 aliphatic heterocycles. The van der Waals surface area contributed by atoms with Crippen LogP contribution >= 0.6 is 0 Å². The molecule has 2 atom stereocenters. The van der Waals surface area contributed by atoms with Crippen LogP contribution in [0.5, 0.6) is 5.75 Å². The number of benzene rings is 1. The molecule has 1 fully saturated rings. The molecular formula is C13H18N2O5S. The van der Waals surface area contributed by atoms with Crippen LogP contribution in [0.3, 0.4) is 0 Å². The standard InChI is InChI=1S/C13H18N2O5S/c1-9-3-4-10(7-9)14-21(18,19)11-5-6-13(20-2)12(8-11)15(16)17/h5-6,8-10,14H,3-4,7H2,1-2H3. The van der Waals surface area contributed by atoms with E-state index in [4.69, 9.17) is 4.74 Å². The summed E-state index contributed by atoms with van der Waals surface area (Å²) in [5, 5.41) is 11.0. The van der Waals surface area contributed by atoms with Crippen LogP contribution in [0, 0.1) is 16.0 Å². The van der Waals surface area contributed by atoms with Crippen LogP contribution in [0.4, 0.5) is 5.69 Å². The van der Waals surface area contributed by atoms with E-state index in [1.165, 1.54) is 19.2 Å². The molecule has 0 amide bonds. The number of sulfonamides is 1. The van der Waals surface area contributed by atoms with Gasteiger partial charge in [-0.15, -0.1) is 0 Å². The minimum atomic E-state index is -3.76. The number of hydrogen-bond acceptors (Lipinski definition) is 5. The van der Waals surface area contributed by atoms with Crippen LogP contribution in [-0.2, 0) is 10.0 Å². The average Bonchev–Trinajstić information content (AvgIpc) is 2.82. The van der Waals surface area contributed by atoms with Crippen molar-refractivity contribution in [2.24, 2.45) is 5.92 Å². The second-order valence-corrected chi connectivity index (χ2v) is 7.04. The highest BCUT2D eigenvalue weighted by Gasteiger charge is 2.28. The van der Waals surface area contributed by atoms with E-state index in [-0.39, 0.29) is 22.4 Å². The maximum Gasteiger partial charge on any atom is 0.312 e. The van der Waals surface area contributed by atoms with Crippen LogP contribution in [0.2, 0.25) is 0 Å². The van der Waals surface area contributed by atoms with Crippen LogP contribution in [0.15, 0.2) is 23.1 Å². The van der Waals surface area contributed by atoms with Gasteiger partial charge in [0.25, 0.3) is 0 Å². The monoisotopic (exact) mass is 314 g/mol. The molecule has 0 aromatic heterocycles. The van der Waals surface area contributed by atoms with Crippen molar-refractivity contribution in [2.45, 2.75) is 37.1 Å². The van der Waals surface area contributed by atoms with E-state index in [1.807, 2.05) is 0 Å². The molecule has 0 heterocycles. The summed E-state index contributed by atoms with van der Waals surface area (Å²) in [5.41, 5.74) is -0.361.